The van der Waals surface area contributed by atoms with Crippen LogP contribution in [0.3, 0.4) is 0 Å². The van der Waals surface area contributed by atoms with Crippen molar-refractivity contribution >= 4 is 12.2 Å². The second kappa shape index (κ2) is 4.42. The van der Waals surface area contributed by atoms with Gasteiger partial charge in [-0.05, 0) is 13.0 Å². The van der Waals surface area contributed by atoms with Crippen LogP contribution in [0.4, 0.5) is 4.79 Å². The van der Waals surface area contributed by atoms with Crippen molar-refractivity contribution in [2.24, 2.45) is 4.99 Å². The van der Waals surface area contributed by atoms with Crippen molar-refractivity contribution in [1.29, 1.82) is 0 Å². The lowest BCUT2D eigenvalue weighted by Crippen LogP contribution is -2.46. The van der Waals surface area contributed by atoms with Gasteiger partial charge in [-0.3, -0.25) is 4.90 Å². The van der Waals surface area contributed by atoms with Crippen LogP contribution in [0.25, 0.3) is 0 Å². The maximum Gasteiger partial charge on any atom is 0.327 e. The summed E-state index contributed by atoms with van der Waals surface area (Å²) in [7, 11) is 0. The van der Waals surface area contributed by atoms with E-state index in [1.807, 2.05) is 31.5 Å². The number of rotatable bonds is 1. The first-order valence-corrected chi connectivity index (χ1v) is 6.31. The molecule has 0 radical (unpaired) electrons. The van der Waals surface area contributed by atoms with E-state index in [1.54, 1.807) is 4.90 Å². The first-order valence-electron chi connectivity index (χ1n) is 6.31. The predicted octanol–water partition coefficient (Wildman–Crippen LogP) is 1.94. The zero-order valence-electron chi connectivity index (χ0n) is 10.8. The highest BCUT2D eigenvalue weighted by Crippen LogP contribution is 2.26. The van der Waals surface area contributed by atoms with Crippen molar-refractivity contribution in [3.8, 4) is 0 Å². The molecule has 3 rings (SSSR count). The van der Waals surface area contributed by atoms with Gasteiger partial charge in [0.25, 0.3) is 0 Å². The Morgan fingerprint density at radius 1 is 1.47 bits per heavy atom. The number of nitrogens with zero attached hydrogens (tertiary/aromatic N) is 3. The summed E-state index contributed by atoms with van der Waals surface area (Å²) in [4.78, 5) is 20.2. The zero-order valence-corrected chi connectivity index (χ0v) is 10.8. The molecule has 98 valence electrons. The van der Waals surface area contributed by atoms with E-state index < -0.39 is 0 Å². The minimum Gasteiger partial charge on any atom is -0.337 e. The Bertz CT molecular complexity index is 556. The average molecular weight is 256 g/mol. The zero-order chi connectivity index (χ0) is 13.4. The van der Waals surface area contributed by atoms with Crippen molar-refractivity contribution < 1.29 is 4.79 Å². The van der Waals surface area contributed by atoms with E-state index in [9.17, 15) is 4.79 Å². The molecular weight excluding hydrogens is 240 g/mol. The third-order valence-electron chi connectivity index (χ3n) is 3.47. The third kappa shape index (κ3) is 1.97. The molecule has 2 amide bonds. The van der Waals surface area contributed by atoms with Crippen molar-refractivity contribution in [2.45, 2.75) is 19.4 Å². The van der Waals surface area contributed by atoms with Crippen LogP contribution in [0.5, 0.6) is 0 Å². The van der Waals surface area contributed by atoms with Crippen LogP contribution in [0.1, 0.15) is 13.3 Å². The number of fused-ring (bicyclic) bond motifs is 1. The molecule has 19 heavy (non-hydrogen) atoms. The number of nitrogens with one attached hydrogen (secondary N) is 1. The smallest absolute Gasteiger partial charge is 0.327 e. The van der Waals surface area contributed by atoms with Crippen molar-refractivity contribution in [1.82, 2.24) is 15.1 Å². The summed E-state index contributed by atoms with van der Waals surface area (Å²) in [6, 6.07) is -0.00528. The van der Waals surface area contributed by atoms with E-state index in [1.165, 1.54) is 0 Å². The van der Waals surface area contributed by atoms with E-state index in [0.717, 1.165) is 17.8 Å². The van der Waals surface area contributed by atoms with Crippen LogP contribution >= 0.6 is 0 Å². The molecule has 0 spiro atoms. The van der Waals surface area contributed by atoms with Gasteiger partial charge in [-0.2, -0.15) is 0 Å². The molecule has 1 atom stereocenters. The summed E-state index contributed by atoms with van der Waals surface area (Å²) in [5.74, 6) is 0.709. The molecule has 0 aromatic heterocycles. The molecule has 5 nitrogen and oxygen atoms in total. The Labute approximate surface area is 112 Å². The van der Waals surface area contributed by atoms with Gasteiger partial charge >= 0.3 is 6.03 Å². The molecule has 0 aliphatic carbocycles. The number of aliphatic imine (C=N–C) groups is 1. The lowest BCUT2D eigenvalue weighted by Gasteiger charge is -2.37. The minimum absolute atomic E-state index is 0.150. The van der Waals surface area contributed by atoms with Gasteiger partial charge in [0.1, 0.15) is 0 Å². The first kappa shape index (κ1) is 11.8. The van der Waals surface area contributed by atoms with Crippen LogP contribution in [-0.2, 0) is 0 Å². The lowest BCUT2D eigenvalue weighted by molar-refractivity contribution is 0.204. The predicted molar refractivity (Wildman–Crippen MR) is 74.1 cm³/mol. The summed E-state index contributed by atoms with van der Waals surface area (Å²) in [6.45, 7) is 6.39. The van der Waals surface area contributed by atoms with Crippen LogP contribution in [-0.4, -0.2) is 34.6 Å². The molecule has 1 N–H and O–H groups in total. The summed E-state index contributed by atoms with van der Waals surface area (Å²) in [5, 5.41) is 2.75. The SMILES string of the molecule is C=C1CCN(C2=C(C)N3C=CC=CC3C=N2)C(=O)N1. The second-order valence-electron chi connectivity index (χ2n) is 4.75. The van der Waals surface area contributed by atoms with Gasteiger partial charge < -0.3 is 10.2 Å². The maximum absolute atomic E-state index is 12.0. The Kier molecular flexibility index (Phi) is 2.74. The lowest BCUT2D eigenvalue weighted by atomic mass is 10.1. The van der Waals surface area contributed by atoms with E-state index in [2.05, 4.69) is 27.9 Å². The molecule has 3 aliphatic heterocycles. The standard InChI is InChI=1S/C14H16N4O/c1-10-6-8-18(14(19)16-10)13-11(2)17-7-4-3-5-12(17)9-15-13/h3-5,7,9,12H,1,6,8H2,2H3,(H,16,19). The Balaban J connectivity index is 1.90. The van der Waals surface area contributed by atoms with Crippen molar-refractivity contribution in [3.63, 3.8) is 0 Å². The normalized spacial score (nSPS) is 25.8. The van der Waals surface area contributed by atoms with Crippen LogP contribution < -0.4 is 5.32 Å². The number of amides is 2. The summed E-state index contributed by atoms with van der Waals surface area (Å²) in [6.07, 6.45) is 10.7. The van der Waals surface area contributed by atoms with E-state index in [0.29, 0.717) is 12.4 Å². The average Bonchev–Trinajstić information content (AvgIpc) is 2.41. The van der Waals surface area contributed by atoms with E-state index in [-0.39, 0.29) is 12.1 Å². The molecule has 0 aromatic rings. The molecule has 3 heterocycles. The van der Waals surface area contributed by atoms with E-state index >= 15 is 0 Å². The minimum atomic E-state index is -0.155. The quantitative estimate of drug-likeness (QED) is 0.779. The van der Waals surface area contributed by atoms with Gasteiger partial charge in [-0.25, -0.2) is 9.79 Å². The molecule has 1 fully saturated rings. The highest BCUT2D eigenvalue weighted by Gasteiger charge is 2.29. The number of carbonyl (C=O) groups is 1. The maximum atomic E-state index is 12.0. The van der Waals surface area contributed by atoms with Crippen molar-refractivity contribution in [3.05, 3.63) is 48.2 Å². The molecule has 5 heteroatoms. The Morgan fingerprint density at radius 3 is 3.11 bits per heavy atom. The molecule has 1 saturated heterocycles. The Hall–Kier alpha value is -2.30. The van der Waals surface area contributed by atoms with Gasteiger partial charge in [0.15, 0.2) is 5.82 Å². The largest absolute Gasteiger partial charge is 0.337 e. The fraction of sp³-hybridized carbons (Fsp3) is 0.286. The molecular formula is C14H16N4O. The van der Waals surface area contributed by atoms with Gasteiger partial charge in [-0.1, -0.05) is 18.7 Å². The van der Waals surface area contributed by atoms with Gasteiger partial charge in [0.2, 0.25) is 0 Å². The van der Waals surface area contributed by atoms with Crippen LogP contribution in [0, 0.1) is 0 Å². The molecule has 0 aromatic carbocycles. The molecule has 0 bridgehead atoms. The number of hydrogen-bond donors (Lipinski definition) is 1. The van der Waals surface area contributed by atoms with Crippen LogP contribution in [0.2, 0.25) is 0 Å². The highest BCUT2D eigenvalue weighted by atomic mass is 16.2. The van der Waals surface area contributed by atoms with Gasteiger partial charge in [0.05, 0.1) is 11.7 Å². The number of carbonyl (C=O) groups excluding carboxylic acids is 1. The summed E-state index contributed by atoms with van der Waals surface area (Å²) < 4.78 is 0. The van der Waals surface area contributed by atoms with Crippen LogP contribution in [0.15, 0.2) is 53.2 Å². The van der Waals surface area contributed by atoms with Crippen molar-refractivity contribution in [2.75, 3.05) is 6.54 Å². The van der Waals surface area contributed by atoms with Gasteiger partial charge in [-0.15, -0.1) is 0 Å². The van der Waals surface area contributed by atoms with E-state index in [4.69, 9.17) is 0 Å². The number of urea groups is 1. The molecule has 0 saturated carbocycles. The number of hydrogen-bond acceptors (Lipinski definition) is 3. The highest BCUT2D eigenvalue weighted by molar-refractivity contribution is 5.80. The van der Waals surface area contributed by atoms with Gasteiger partial charge in [0, 0.05) is 31.1 Å². The monoisotopic (exact) mass is 256 g/mol. The molecule has 1 unspecified atom stereocenters. The topological polar surface area (TPSA) is 47.9 Å². The number of allylic oxidation sites excluding steroid dienone is 3. The molecule has 3 aliphatic rings. The third-order valence-corrected chi connectivity index (χ3v) is 3.47. The second-order valence-corrected chi connectivity index (χ2v) is 4.75. The summed E-state index contributed by atoms with van der Waals surface area (Å²) >= 11 is 0. The first-order chi connectivity index (χ1) is 9.16. The summed E-state index contributed by atoms with van der Waals surface area (Å²) in [5.41, 5.74) is 1.74. The fourth-order valence-electron chi connectivity index (χ4n) is 2.42. The fourth-order valence-corrected chi connectivity index (χ4v) is 2.42. The Morgan fingerprint density at radius 2 is 2.32 bits per heavy atom.